The Morgan fingerprint density at radius 2 is 1.82 bits per heavy atom. The molecule has 1 N–H and O–H groups in total. The van der Waals surface area contributed by atoms with E-state index in [-0.39, 0.29) is 18.2 Å². The highest BCUT2D eigenvalue weighted by Crippen LogP contribution is 2.21. The molecular weight excluding hydrogens is 350 g/mol. The van der Waals surface area contributed by atoms with E-state index in [2.05, 4.69) is 21.2 Å². The van der Waals surface area contributed by atoms with Gasteiger partial charge in [-0.3, -0.25) is 0 Å². The van der Waals surface area contributed by atoms with Gasteiger partial charge in [-0.25, -0.2) is 9.59 Å². The Bertz CT molecular complexity index is 317. The highest BCUT2D eigenvalue weighted by Gasteiger charge is 2.27. The van der Waals surface area contributed by atoms with Gasteiger partial charge in [0.1, 0.15) is 12.1 Å². The maximum absolute atomic E-state index is 12.1. The molecule has 1 aliphatic carbocycles. The summed E-state index contributed by atoms with van der Waals surface area (Å²) in [5.74, 6) is -0.349. The lowest BCUT2D eigenvalue weighted by Gasteiger charge is -2.20. The fourth-order valence-electron chi connectivity index (χ4n) is 2.17. The molecule has 1 amide bonds. The molecule has 0 heterocycles. The zero-order valence-corrected chi connectivity index (χ0v) is 15.8. The zero-order valence-electron chi connectivity index (χ0n) is 14.2. The summed E-state index contributed by atoms with van der Waals surface area (Å²) in [5, 5.41) is 3.38. The van der Waals surface area contributed by atoms with Crippen molar-refractivity contribution < 1.29 is 19.1 Å². The third-order valence-electron chi connectivity index (χ3n) is 3.13. The van der Waals surface area contributed by atoms with Crippen molar-refractivity contribution in [1.82, 2.24) is 5.32 Å². The van der Waals surface area contributed by atoms with Crippen LogP contribution in [-0.4, -0.2) is 35.6 Å². The van der Waals surface area contributed by atoms with Crippen LogP contribution in [0.15, 0.2) is 0 Å². The minimum atomic E-state index is -0.626. The predicted octanol–water partition coefficient (Wildman–Crippen LogP) is 4.18. The maximum atomic E-state index is 12.1. The second-order valence-electron chi connectivity index (χ2n) is 5.33. The number of carbonyl (C=O) groups excluding carboxylic acids is 2. The van der Waals surface area contributed by atoms with Crippen LogP contribution >= 0.6 is 15.9 Å². The number of halogens is 1. The molecule has 0 aliphatic heterocycles. The lowest BCUT2D eigenvalue weighted by molar-refractivity contribution is -0.151. The second-order valence-corrected chi connectivity index (χ2v) is 6.12. The summed E-state index contributed by atoms with van der Waals surface area (Å²) in [6.07, 6.45) is 4.62. The van der Waals surface area contributed by atoms with Gasteiger partial charge in [0.2, 0.25) is 0 Å². The van der Waals surface area contributed by atoms with Crippen LogP contribution in [0.1, 0.15) is 66.2 Å². The minimum Gasteiger partial charge on any atom is -0.461 e. The van der Waals surface area contributed by atoms with Gasteiger partial charge in [0, 0.05) is 5.33 Å². The molecular formula is C16H30BrNO4. The number of hydrogen-bond acceptors (Lipinski definition) is 4. The second kappa shape index (κ2) is 12.7. The quantitative estimate of drug-likeness (QED) is 0.532. The van der Waals surface area contributed by atoms with Gasteiger partial charge < -0.3 is 14.8 Å². The fraction of sp³-hybridized carbons (Fsp3) is 0.875. The molecule has 0 aromatic rings. The number of rotatable bonds is 7. The highest BCUT2D eigenvalue weighted by atomic mass is 79.9. The van der Waals surface area contributed by atoms with Gasteiger partial charge in [0.25, 0.3) is 0 Å². The van der Waals surface area contributed by atoms with E-state index in [0.717, 1.165) is 37.4 Å². The number of esters is 1. The summed E-state index contributed by atoms with van der Waals surface area (Å²) in [4.78, 5) is 23.7. The molecule has 0 spiro atoms. The van der Waals surface area contributed by atoms with Crippen molar-refractivity contribution in [2.75, 3.05) is 5.33 Å². The lowest BCUT2D eigenvalue weighted by Crippen LogP contribution is -2.43. The van der Waals surface area contributed by atoms with E-state index >= 15 is 0 Å². The first-order valence-electron chi connectivity index (χ1n) is 8.26. The van der Waals surface area contributed by atoms with Gasteiger partial charge in [0.05, 0.1) is 6.10 Å². The van der Waals surface area contributed by atoms with Crippen LogP contribution in [0, 0.1) is 0 Å². The van der Waals surface area contributed by atoms with Gasteiger partial charge in [-0.1, -0.05) is 29.8 Å². The number of alkyl carbamates (subject to hydrolysis) is 1. The summed E-state index contributed by atoms with van der Waals surface area (Å²) in [6, 6.07) is -0.626. The number of amides is 1. The fourth-order valence-corrected chi connectivity index (χ4v) is 2.50. The average molecular weight is 380 g/mol. The first-order chi connectivity index (χ1) is 10.5. The number of alkyl halides is 1. The van der Waals surface area contributed by atoms with Crippen LogP contribution in [-0.2, 0) is 14.3 Å². The molecule has 1 rings (SSSR count). The van der Waals surface area contributed by atoms with Gasteiger partial charge in [-0.2, -0.15) is 0 Å². The third-order valence-corrected chi connectivity index (χ3v) is 3.69. The highest BCUT2D eigenvalue weighted by molar-refractivity contribution is 9.09. The standard InChI is InChI=1S/C14H24BrNO4.C2H6/c1-10(2)19-14(18)16-12(8-5-9-15)13(17)20-11-6-3-4-7-11;1-2/h10-12H,3-9H2,1-2H3,(H,16,18);1-2H3. The van der Waals surface area contributed by atoms with Crippen molar-refractivity contribution >= 4 is 28.0 Å². The molecule has 0 radical (unpaired) electrons. The van der Waals surface area contributed by atoms with E-state index < -0.39 is 12.1 Å². The number of nitrogens with one attached hydrogen (secondary N) is 1. The monoisotopic (exact) mass is 379 g/mol. The van der Waals surface area contributed by atoms with Crippen molar-refractivity contribution in [2.45, 2.75) is 84.5 Å². The van der Waals surface area contributed by atoms with Crippen LogP contribution in [0.3, 0.4) is 0 Å². The van der Waals surface area contributed by atoms with E-state index in [1.54, 1.807) is 13.8 Å². The predicted molar refractivity (Wildman–Crippen MR) is 91.3 cm³/mol. The van der Waals surface area contributed by atoms with Crippen LogP contribution in [0.5, 0.6) is 0 Å². The molecule has 0 bridgehead atoms. The molecule has 0 aromatic heterocycles. The van der Waals surface area contributed by atoms with E-state index in [4.69, 9.17) is 9.47 Å². The molecule has 0 aromatic carbocycles. The zero-order chi connectivity index (χ0) is 17.0. The van der Waals surface area contributed by atoms with Crippen LogP contribution in [0.25, 0.3) is 0 Å². The number of carbonyl (C=O) groups is 2. The largest absolute Gasteiger partial charge is 0.461 e. The molecule has 22 heavy (non-hydrogen) atoms. The van der Waals surface area contributed by atoms with E-state index in [1.165, 1.54) is 0 Å². The first kappa shape index (κ1) is 21.2. The van der Waals surface area contributed by atoms with Crippen LogP contribution < -0.4 is 5.32 Å². The summed E-state index contributed by atoms with van der Waals surface area (Å²) in [7, 11) is 0. The summed E-state index contributed by atoms with van der Waals surface area (Å²) >= 11 is 3.33. The summed E-state index contributed by atoms with van der Waals surface area (Å²) in [6.45, 7) is 7.54. The molecule has 6 heteroatoms. The summed E-state index contributed by atoms with van der Waals surface area (Å²) in [5.41, 5.74) is 0. The first-order valence-corrected chi connectivity index (χ1v) is 9.38. The molecule has 1 atom stereocenters. The Hall–Kier alpha value is -0.780. The van der Waals surface area contributed by atoms with Crippen molar-refractivity contribution in [3.63, 3.8) is 0 Å². The van der Waals surface area contributed by atoms with E-state index in [9.17, 15) is 9.59 Å². The van der Waals surface area contributed by atoms with Crippen molar-refractivity contribution in [2.24, 2.45) is 0 Å². The molecule has 1 fully saturated rings. The minimum absolute atomic E-state index is 0.0110. The Kier molecular flexibility index (Phi) is 12.3. The molecule has 1 unspecified atom stereocenters. The van der Waals surface area contributed by atoms with Crippen LogP contribution in [0.2, 0.25) is 0 Å². The van der Waals surface area contributed by atoms with Gasteiger partial charge in [-0.05, 0) is 52.4 Å². The molecule has 1 aliphatic rings. The Balaban J connectivity index is 0.00000211. The SMILES string of the molecule is CC.CC(C)OC(=O)NC(CCCBr)C(=O)OC1CCCC1. The van der Waals surface area contributed by atoms with Crippen LogP contribution in [0.4, 0.5) is 4.79 Å². The van der Waals surface area contributed by atoms with Gasteiger partial charge in [0.15, 0.2) is 0 Å². The Morgan fingerprint density at radius 3 is 2.32 bits per heavy atom. The van der Waals surface area contributed by atoms with Crippen molar-refractivity contribution in [3.8, 4) is 0 Å². The lowest BCUT2D eigenvalue weighted by atomic mass is 10.1. The van der Waals surface area contributed by atoms with Crippen molar-refractivity contribution in [3.05, 3.63) is 0 Å². The van der Waals surface area contributed by atoms with Gasteiger partial charge >= 0.3 is 12.1 Å². The van der Waals surface area contributed by atoms with Crippen molar-refractivity contribution in [1.29, 1.82) is 0 Å². The average Bonchev–Trinajstić information content (AvgIpc) is 2.97. The normalized spacial score (nSPS) is 15.7. The number of ether oxygens (including phenoxy) is 2. The molecule has 5 nitrogen and oxygen atoms in total. The maximum Gasteiger partial charge on any atom is 0.408 e. The third kappa shape index (κ3) is 9.28. The topological polar surface area (TPSA) is 64.6 Å². The number of hydrogen-bond donors (Lipinski definition) is 1. The summed E-state index contributed by atoms with van der Waals surface area (Å²) < 4.78 is 10.5. The Labute approximate surface area is 142 Å². The smallest absolute Gasteiger partial charge is 0.408 e. The Morgan fingerprint density at radius 1 is 1.23 bits per heavy atom. The van der Waals surface area contributed by atoms with E-state index in [0.29, 0.717) is 6.42 Å². The van der Waals surface area contributed by atoms with E-state index in [1.807, 2.05) is 13.8 Å². The van der Waals surface area contributed by atoms with Gasteiger partial charge in [-0.15, -0.1) is 0 Å². The molecule has 0 saturated heterocycles. The molecule has 1 saturated carbocycles. The molecule has 130 valence electrons.